The predicted molar refractivity (Wildman–Crippen MR) is 130 cm³/mol. The minimum Gasteiger partial charge on any atom is -0.473 e. The molecular formula is C24H30Cl2OSiZr-4. The molecule has 158 valence electrons. The number of hydrogen-bond acceptors (Lipinski definition) is 1. The van der Waals surface area contributed by atoms with Crippen molar-refractivity contribution in [3.8, 4) is 11.1 Å². The van der Waals surface area contributed by atoms with E-state index in [0.717, 1.165) is 5.56 Å². The van der Waals surface area contributed by atoms with Crippen LogP contribution in [0.2, 0.25) is 0 Å². The second-order valence-corrected chi connectivity index (χ2v) is 6.15. The van der Waals surface area contributed by atoms with Gasteiger partial charge in [-0.05, 0) is 11.6 Å². The van der Waals surface area contributed by atoms with Crippen LogP contribution in [0.4, 0.5) is 0 Å². The molecule has 1 aromatic heterocycles. The molecule has 0 bridgehead atoms. The fourth-order valence-corrected chi connectivity index (χ4v) is 2.98. The molecule has 29 heavy (non-hydrogen) atoms. The van der Waals surface area contributed by atoms with Gasteiger partial charge in [0.05, 0.1) is 12.5 Å². The van der Waals surface area contributed by atoms with Crippen LogP contribution in [0.25, 0.3) is 21.9 Å². The van der Waals surface area contributed by atoms with Crippen LogP contribution in [-0.2, 0) is 23.3 Å². The molecule has 2 radical (unpaired) electrons. The van der Waals surface area contributed by atoms with Crippen molar-refractivity contribution in [3.05, 3.63) is 92.6 Å². The van der Waals surface area contributed by atoms with Crippen LogP contribution in [0.3, 0.4) is 0 Å². The molecule has 4 rings (SSSR count). The zero-order valence-electron chi connectivity index (χ0n) is 18.0. The van der Waals surface area contributed by atoms with Crippen molar-refractivity contribution in [2.45, 2.75) is 27.7 Å². The van der Waals surface area contributed by atoms with Gasteiger partial charge in [0, 0.05) is 0 Å². The molecule has 0 saturated carbocycles. The Morgan fingerprint density at radius 1 is 1.03 bits per heavy atom. The van der Waals surface area contributed by atoms with Crippen LogP contribution in [0, 0.1) is 26.8 Å². The van der Waals surface area contributed by atoms with Gasteiger partial charge in [0.2, 0.25) is 0 Å². The second-order valence-electron chi connectivity index (χ2n) is 6.15. The molecule has 1 aliphatic rings. The molecule has 1 heterocycles. The molecule has 1 atom stereocenters. The molecule has 0 aliphatic heterocycles. The smallest absolute Gasteiger partial charge is 0.0900 e. The van der Waals surface area contributed by atoms with Crippen LogP contribution in [-0.4, -0.2) is 6.88 Å². The third-order valence-electron chi connectivity index (χ3n) is 4.75. The molecular weight excluding hydrogens is 494 g/mol. The van der Waals surface area contributed by atoms with Gasteiger partial charge in [-0.3, -0.25) is 6.08 Å². The van der Waals surface area contributed by atoms with Crippen LogP contribution in [0.15, 0.2) is 76.1 Å². The van der Waals surface area contributed by atoms with E-state index in [2.05, 4.69) is 77.0 Å². The molecule has 0 N–H and O–H groups in total. The van der Waals surface area contributed by atoms with E-state index in [1.807, 2.05) is 6.07 Å². The molecule has 0 amide bonds. The summed E-state index contributed by atoms with van der Waals surface area (Å²) in [7, 11) is 0. The third-order valence-corrected chi connectivity index (χ3v) is 4.75. The average molecular weight is 525 g/mol. The maximum atomic E-state index is 5.09. The predicted octanol–water partition coefficient (Wildman–Crippen LogP) is 7.90. The maximum Gasteiger partial charge on any atom is 0.0900 e. The van der Waals surface area contributed by atoms with E-state index in [4.69, 9.17) is 4.42 Å². The van der Waals surface area contributed by atoms with Gasteiger partial charge < -0.3 is 19.3 Å². The van der Waals surface area contributed by atoms with Gasteiger partial charge >= 0.3 is 30.2 Å². The van der Waals surface area contributed by atoms with Gasteiger partial charge in [-0.15, -0.1) is 78.4 Å². The Balaban J connectivity index is -0.000000404. The van der Waals surface area contributed by atoms with E-state index in [-0.39, 0.29) is 39.7 Å². The Labute approximate surface area is 206 Å². The summed E-state index contributed by atoms with van der Waals surface area (Å²) in [5, 5.41) is 2.57. The largest absolute Gasteiger partial charge is 0.473 e. The van der Waals surface area contributed by atoms with Crippen molar-refractivity contribution < 1.29 is 27.8 Å². The summed E-state index contributed by atoms with van der Waals surface area (Å²) in [5.41, 5.74) is 6.63. The number of benzene rings is 1. The van der Waals surface area contributed by atoms with Crippen molar-refractivity contribution in [2.75, 3.05) is 0 Å². The fourth-order valence-electron chi connectivity index (χ4n) is 2.98. The van der Waals surface area contributed by atoms with E-state index >= 15 is 0 Å². The molecule has 0 spiro atoms. The van der Waals surface area contributed by atoms with E-state index in [1.54, 1.807) is 12.5 Å². The molecule has 1 nitrogen and oxygen atoms in total. The number of fused-ring (bicyclic) bond motifs is 1. The van der Waals surface area contributed by atoms with E-state index < -0.39 is 0 Å². The van der Waals surface area contributed by atoms with Gasteiger partial charge in [-0.2, -0.15) is 11.1 Å². The first-order valence-corrected chi connectivity index (χ1v) is 12.5. The molecule has 1 aliphatic carbocycles. The van der Waals surface area contributed by atoms with Gasteiger partial charge in [0.25, 0.3) is 0 Å². The van der Waals surface area contributed by atoms with Crippen LogP contribution in [0.5, 0.6) is 0 Å². The maximum absolute atomic E-state index is 5.09. The third kappa shape index (κ3) is 8.13. The molecule has 0 fully saturated rings. The number of halogens is 2. The average Bonchev–Trinajstić information content (AvgIpc) is 3.35. The van der Waals surface area contributed by atoms with Gasteiger partial charge in [0.1, 0.15) is 0 Å². The Morgan fingerprint density at radius 3 is 2.10 bits per heavy atom. The van der Waals surface area contributed by atoms with E-state index in [0.29, 0.717) is 5.92 Å². The Bertz CT molecular complexity index is 895. The number of hydrogen-bond donors (Lipinski definition) is 0. The van der Waals surface area contributed by atoms with Gasteiger partial charge in [0.15, 0.2) is 0 Å². The second kappa shape index (κ2) is 16.0. The van der Waals surface area contributed by atoms with Crippen LogP contribution in [0.1, 0.15) is 27.7 Å². The van der Waals surface area contributed by atoms with Crippen molar-refractivity contribution in [2.24, 2.45) is 5.92 Å². The zero-order valence-corrected chi connectivity index (χ0v) is 23.1. The first kappa shape index (κ1) is 32.9. The Hall–Kier alpha value is -0.730. The Kier molecular flexibility index (Phi) is 18.2. The fraction of sp³-hybridized carbons (Fsp3) is 0.208. The summed E-state index contributed by atoms with van der Waals surface area (Å²) in [4.78, 5) is 0. The topological polar surface area (TPSA) is 13.1 Å². The van der Waals surface area contributed by atoms with Crippen molar-refractivity contribution in [1.29, 1.82) is 0 Å². The molecule has 2 aromatic carbocycles. The monoisotopic (exact) mass is 522 g/mol. The van der Waals surface area contributed by atoms with Crippen LogP contribution < -0.4 is 0 Å². The van der Waals surface area contributed by atoms with Crippen molar-refractivity contribution in [1.82, 2.24) is 0 Å². The summed E-state index contributed by atoms with van der Waals surface area (Å²) >= 11 is 1.36. The number of rotatable bonds is 1. The summed E-state index contributed by atoms with van der Waals surface area (Å²) in [6.45, 7) is 11.7. The van der Waals surface area contributed by atoms with E-state index in [9.17, 15) is 0 Å². The molecule has 1 unspecified atom stereocenters. The molecule has 3 aromatic rings. The molecule has 5 heteroatoms. The standard InChI is InChI=1S/C13H9O.C9H13.2CH3.2ClH.Si.Zr/c1-2-4-12-10(3-1)5-6-13(12)11-7-8-14-9-11;1-6-5-7(2)9(4)8(6)3;;;;;;/h1-9H;6H,1-4H3;2*1H3;2*1H;;/q4*-1;;;;. The zero-order chi connectivity index (χ0) is 18.4. The van der Waals surface area contributed by atoms with E-state index in [1.165, 1.54) is 56.4 Å². The number of furan rings is 1. The summed E-state index contributed by atoms with van der Waals surface area (Å²) in [6, 6.07) is 14.6. The first-order chi connectivity index (χ1) is 12.1. The SMILES string of the molecule is CC1=[C-]C(C)C(C)=C1C.Cl.Cl.[CH3-].[CH3-].[Si]=[Zr].c1ccc2c(-c3ccoc3)c[cH-]c2c1. The minimum atomic E-state index is 0. The molecule has 0 saturated heterocycles. The van der Waals surface area contributed by atoms with Crippen molar-refractivity contribution in [3.63, 3.8) is 0 Å². The normalized spacial score (nSPS) is 13.8. The summed E-state index contributed by atoms with van der Waals surface area (Å²) < 4.78 is 5.09. The summed E-state index contributed by atoms with van der Waals surface area (Å²) in [5.74, 6) is 0.560. The summed E-state index contributed by atoms with van der Waals surface area (Å²) in [6.07, 6.45) is 6.84. The van der Waals surface area contributed by atoms with Crippen LogP contribution >= 0.6 is 24.8 Å². The first-order valence-electron chi connectivity index (χ1n) is 8.27. The number of allylic oxidation sites excluding steroid dienone is 4. The Morgan fingerprint density at radius 2 is 1.66 bits per heavy atom. The quantitative estimate of drug-likeness (QED) is 0.233. The minimum absolute atomic E-state index is 0. The van der Waals surface area contributed by atoms with Crippen molar-refractivity contribution >= 4 is 42.5 Å². The van der Waals surface area contributed by atoms with Gasteiger partial charge in [-0.25, -0.2) is 5.57 Å². The van der Waals surface area contributed by atoms with Gasteiger partial charge in [-0.1, -0.05) is 32.8 Å².